The molecule has 1 aliphatic carbocycles. The Kier molecular flexibility index (Phi) is 16.1. The van der Waals surface area contributed by atoms with Gasteiger partial charge in [0.25, 0.3) is 0 Å². The fourth-order valence-electron chi connectivity index (χ4n) is 7.01. The fourth-order valence-corrected chi connectivity index (χ4v) is 7.01. The lowest BCUT2D eigenvalue weighted by molar-refractivity contribution is -0.140. The summed E-state index contributed by atoms with van der Waals surface area (Å²) in [5, 5.41) is 0. The zero-order valence-electron chi connectivity index (χ0n) is 36.3. The van der Waals surface area contributed by atoms with Crippen LogP contribution in [0.15, 0.2) is 109 Å². The predicted molar refractivity (Wildman–Crippen MR) is 235 cm³/mol. The number of hydrogen-bond acceptors (Lipinski definition) is 10. The van der Waals surface area contributed by atoms with Crippen molar-refractivity contribution in [2.24, 2.45) is 11.8 Å². The second-order valence-electron chi connectivity index (χ2n) is 16.5. The maximum absolute atomic E-state index is 13.2. The number of esters is 4. The van der Waals surface area contributed by atoms with Crippen LogP contribution < -0.4 is 18.9 Å². The molecule has 5 rings (SSSR count). The molecule has 0 N–H and O–H groups in total. The summed E-state index contributed by atoms with van der Waals surface area (Å²) >= 11 is 0. The van der Waals surface area contributed by atoms with Crippen LogP contribution in [0.1, 0.15) is 112 Å². The van der Waals surface area contributed by atoms with Crippen molar-refractivity contribution >= 4 is 23.9 Å². The minimum Gasteiger partial charge on any atom is -0.494 e. The number of fused-ring (bicyclic) bond motifs is 3. The lowest BCUT2D eigenvalue weighted by atomic mass is 9.82. The van der Waals surface area contributed by atoms with Crippen molar-refractivity contribution in [3.63, 3.8) is 0 Å². The summed E-state index contributed by atoms with van der Waals surface area (Å²) in [6.45, 7) is 20.7. The van der Waals surface area contributed by atoms with Gasteiger partial charge in [0.1, 0.15) is 23.0 Å². The van der Waals surface area contributed by atoms with Crippen LogP contribution in [-0.4, -0.2) is 50.3 Å². The summed E-state index contributed by atoms with van der Waals surface area (Å²) in [5.74, 6) is 1.32. The van der Waals surface area contributed by atoms with Gasteiger partial charge < -0.3 is 28.4 Å². The molecule has 61 heavy (non-hydrogen) atoms. The molecule has 1 aliphatic rings. The van der Waals surface area contributed by atoms with E-state index in [0.29, 0.717) is 83.5 Å². The number of hydrogen-bond donors (Lipinski definition) is 0. The van der Waals surface area contributed by atoms with Crippen molar-refractivity contribution in [2.45, 2.75) is 85.5 Å². The van der Waals surface area contributed by atoms with E-state index >= 15 is 0 Å². The third-order valence-electron chi connectivity index (χ3n) is 10.8. The van der Waals surface area contributed by atoms with Crippen molar-refractivity contribution in [1.29, 1.82) is 0 Å². The summed E-state index contributed by atoms with van der Waals surface area (Å²) in [7, 11) is 0. The van der Waals surface area contributed by atoms with Crippen molar-refractivity contribution in [3.8, 4) is 34.1 Å². The van der Waals surface area contributed by atoms with Gasteiger partial charge in [-0.3, -0.25) is 0 Å². The van der Waals surface area contributed by atoms with Gasteiger partial charge in [0, 0.05) is 16.6 Å². The second kappa shape index (κ2) is 21.4. The molecule has 2 unspecified atom stereocenters. The first-order valence-electron chi connectivity index (χ1n) is 21.0. The van der Waals surface area contributed by atoms with E-state index in [9.17, 15) is 19.2 Å². The first kappa shape index (κ1) is 45.9. The fraction of sp³-hybridized carbons (Fsp3) is 0.373. The molecule has 0 saturated heterocycles. The molecule has 0 aromatic heterocycles. The largest absolute Gasteiger partial charge is 0.494 e. The average molecular weight is 831 g/mol. The van der Waals surface area contributed by atoms with E-state index in [2.05, 4.69) is 40.9 Å². The molecule has 10 nitrogen and oxygen atoms in total. The first-order valence-corrected chi connectivity index (χ1v) is 21.0. The van der Waals surface area contributed by atoms with E-state index in [1.165, 1.54) is 0 Å². The van der Waals surface area contributed by atoms with Gasteiger partial charge in [0.05, 0.1) is 37.6 Å². The van der Waals surface area contributed by atoms with Crippen LogP contribution in [0.2, 0.25) is 0 Å². The Morgan fingerprint density at radius 1 is 0.525 bits per heavy atom. The maximum Gasteiger partial charge on any atom is 0.343 e. The quantitative estimate of drug-likeness (QED) is 0.0327. The third kappa shape index (κ3) is 12.9. The molecule has 0 fully saturated rings. The Hall–Kier alpha value is -6.16. The van der Waals surface area contributed by atoms with Gasteiger partial charge in [0.2, 0.25) is 0 Å². The van der Waals surface area contributed by atoms with Crippen LogP contribution in [-0.2, 0) is 24.5 Å². The Morgan fingerprint density at radius 3 is 1.25 bits per heavy atom. The Morgan fingerprint density at radius 2 is 0.885 bits per heavy atom. The molecule has 4 aromatic carbocycles. The van der Waals surface area contributed by atoms with Gasteiger partial charge in [0.15, 0.2) is 0 Å². The molecule has 0 spiro atoms. The van der Waals surface area contributed by atoms with E-state index in [0.717, 1.165) is 60.8 Å². The van der Waals surface area contributed by atoms with Crippen molar-refractivity contribution in [2.75, 3.05) is 26.4 Å². The molecule has 2 atom stereocenters. The molecule has 0 radical (unpaired) electrons. The first-order chi connectivity index (χ1) is 29.1. The highest BCUT2D eigenvalue weighted by Gasteiger charge is 2.36. The van der Waals surface area contributed by atoms with Gasteiger partial charge in [-0.15, -0.1) is 0 Å². The molecule has 0 aliphatic heterocycles. The van der Waals surface area contributed by atoms with Gasteiger partial charge in [-0.25, -0.2) is 19.2 Å². The van der Waals surface area contributed by atoms with Gasteiger partial charge >= 0.3 is 23.9 Å². The monoisotopic (exact) mass is 830 g/mol. The van der Waals surface area contributed by atoms with Crippen LogP contribution in [0.3, 0.4) is 0 Å². The van der Waals surface area contributed by atoms with Crippen LogP contribution in [0.5, 0.6) is 23.0 Å². The van der Waals surface area contributed by atoms with Gasteiger partial charge in [-0.05, 0) is 159 Å². The zero-order valence-corrected chi connectivity index (χ0v) is 36.3. The predicted octanol–water partition coefficient (Wildman–Crippen LogP) is 11.0. The van der Waals surface area contributed by atoms with E-state index in [4.69, 9.17) is 28.4 Å². The number of carbonyl (C=O) groups is 4. The highest BCUT2D eigenvalue weighted by molar-refractivity contribution is 5.93. The number of ether oxygens (including phenoxy) is 6. The Balaban J connectivity index is 1.08. The Labute approximate surface area is 359 Å². The smallest absolute Gasteiger partial charge is 0.343 e. The molecular formula is C51H58O10. The van der Waals surface area contributed by atoms with Gasteiger partial charge in [-0.1, -0.05) is 53.0 Å². The molecule has 0 amide bonds. The molecule has 0 saturated carbocycles. The highest BCUT2D eigenvalue weighted by atomic mass is 16.5. The summed E-state index contributed by atoms with van der Waals surface area (Å²) in [4.78, 5) is 49.4. The molecular weight excluding hydrogens is 773 g/mol. The van der Waals surface area contributed by atoms with Crippen LogP contribution >= 0.6 is 0 Å². The Bertz CT molecular complexity index is 2040. The number of benzene rings is 4. The van der Waals surface area contributed by atoms with E-state index in [1.807, 2.05) is 24.3 Å². The van der Waals surface area contributed by atoms with Crippen molar-refractivity contribution < 1.29 is 47.6 Å². The average Bonchev–Trinajstić information content (AvgIpc) is 3.45. The summed E-state index contributed by atoms with van der Waals surface area (Å²) in [6.07, 6.45) is 5.08. The summed E-state index contributed by atoms with van der Waals surface area (Å²) in [5.41, 5.74) is 5.18. The maximum atomic E-state index is 13.2. The number of rotatable bonds is 22. The molecule has 4 aromatic rings. The molecule has 0 bridgehead atoms. The summed E-state index contributed by atoms with van der Waals surface area (Å²) < 4.78 is 33.8. The summed E-state index contributed by atoms with van der Waals surface area (Å²) in [6, 6.07) is 25.1. The van der Waals surface area contributed by atoms with Crippen LogP contribution in [0.4, 0.5) is 0 Å². The van der Waals surface area contributed by atoms with E-state index in [-0.39, 0.29) is 11.9 Å². The van der Waals surface area contributed by atoms with E-state index in [1.54, 1.807) is 74.5 Å². The van der Waals surface area contributed by atoms with Crippen LogP contribution in [0.25, 0.3) is 11.1 Å². The highest BCUT2D eigenvalue weighted by Crippen LogP contribution is 2.50. The minimum atomic E-state index is -0.475. The SMILES string of the molecule is C=C(C)C(=O)OCCCC(C)CCOc1ccc(C(=O)Oc2ccc3c(c2)C(C)(C)c2cc(OC(=O)c4ccc(OCCC(C)CCCOC(=O)C(=C)C)cc4)ccc2-3)cc1. The topological polar surface area (TPSA) is 124 Å². The molecule has 0 heterocycles. The lowest BCUT2D eigenvalue weighted by Gasteiger charge is -2.22. The lowest BCUT2D eigenvalue weighted by Crippen LogP contribution is -2.16. The van der Waals surface area contributed by atoms with Crippen LogP contribution in [0, 0.1) is 11.8 Å². The minimum absolute atomic E-state index is 0.358. The third-order valence-corrected chi connectivity index (χ3v) is 10.8. The molecule has 322 valence electrons. The molecule has 10 heteroatoms. The van der Waals surface area contributed by atoms with Gasteiger partial charge in [-0.2, -0.15) is 0 Å². The zero-order chi connectivity index (χ0) is 44.1. The second-order valence-corrected chi connectivity index (χ2v) is 16.5. The number of carbonyl (C=O) groups excluding carboxylic acids is 4. The van der Waals surface area contributed by atoms with E-state index < -0.39 is 17.4 Å². The van der Waals surface area contributed by atoms with Crippen molar-refractivity contribution in [3.05, 3.63) is 131 Å². The standard InChI is InChI=1S/C51H58O10/c1-33(2)47(52)58-27-9-11-35(5)25-29-56-39-17-13-37(14-18-39)49(54)60-41-21-23-43-44-24-22-42(32-46(44)51(7,8)45(43)31-41)61-50(55)38-15-19-40(20-16-38)57-30-26-36(6)12-10-28-59-48(53)34(3)4/h13-24,31-32,35-36H,1,3,9-12,25-30H2,2,4-8H3. The normalized spacial score (nSPS) is 13.1. The van der Waals surface area contributed by atoms with Crippen molar-refractivity contribution in [1.82, 2.24) is 0 Å².